The van der Waals surface area contributed by atoms with Crippen LogP contribution < -0.4 is 5.32 Å². The van der Waals surface area contributed by atoms with Crippen LogP contribution >= 0.6 is 23.2 Å². The first-order chi connectivity index (χ1) is 13.4. The topological polar surface area (TPSA) is 71.2 Å². The van der Waals surface area contributed by atoms with Crippen LogP contribution in [0.15, 0.2) is 42.5 Å². The summed E-state index contributed by atoms with van der Waals surface area (Å²) in [6.45, 7) is 1.77. The van der Waals surface area contributed by atoms with Gasteiger partial charge in [-0.05, 0) is 36.8 Å². The Bertz CT molecular complexity index is 1120. The summed E-state index contributed by atoms with van der Waals surface area (Å²) in [6.07, 6.45) is 0. The SMILES string of the molecule is COC(=O)c1c(C)[nH]c(-c2ccc(Cl)cc2Cl)c1[C@H]1C(=O)Nc2ccccc21. The second-order valence-corrected chi connectivity index (χ2v) is 7.38. The number of aromatic amines is 1. The average Bonchev–Trinajstić information content (AvgIpc) is 3.16. The van der Waals surface area contributed by atoms with Crippen LogP contribution in [0.4, 0.5) is 5.69 Å². The number of aryl methyl sites for hydroxylation is 1. The number of ether oxygens (including phenoxy) is 1. The number of anilines is 1. The highest BCUT2D eigenvalue weighted by Gasteiger charge is 2.38. The molecule has 5 nitrogen and oxygen atoms in total. The predicted octanol–water partition coefficient (Wildman–Crippen LogP) is 5.17. The molecule has 0 saturated carbocycles. The van der Waals surface area contributed by atoms with Crippen molar-refractivity contribution in [1.29, 1.82) is 0 Å². The van der Waals surface area contributed by atoms with Gasteiger partial charge in [0, 0.05) is 27.5 Å². The maximum atomic E-state index is 12.9. The van der Waals surface area contributed by atoms with Gasteiger partial charge in [0.1, 0.15) is 0 Å². The largest absolute Gasteiger partial charge is 0.465 e. The van der Waals surface area contributed by atoms with Crippen molar-refractivity contribution in [2.75, 3.05) is 12.4 Å². The number of esters is 1. The van der Waals surface area contributed by atoms with Gasteiger partial charge in [0.25, 0.3) is 0 Å². The van der Waals surface area contributed by atoms with Crippen molar-refractivity contribution in [1.82, 2.24) is 4.98 Å². The number of halogens is 2. The lowest BCUT2D eigenvalue weighted by Crippen LogP contribution is -2.17. The molecular weight excluding hydrogens is 399 g/mol. The lowest BCUT2D eigenvalue weighted by Gasteiger charge is -2.14. The smallest absolute Gasteiger partial charge is 0.340 e. The molecule has 2 N–H and O–H groups in total. The number of methoxy groups -OCH3 is 1. The van der Waals surface area contributed by atoms with E-state index in [0.29, 0.717) is 38.1 Å². The number of carbonyl (C=O) groups excluding carboxylic acids is 2. The molecule has 0 saturated heterocycles. The molecule has 0 radical (unpaired) electrons. The zero-order valence-electron chi connectivity index (χ0n) is 15.1. The van der Waals surface area contributed by atoms with Crippen LogP contribution in [0.3, 0.4) is 0 Å². The Morgan fingerprint density at radius 1 is 1.14 bits per heavy atom. The fraction of sp³-hybridized carbons (Fsp3) is 0.143. The number of rotatable bonds is 3. The molecule has 28 heavy (non-hydrogen) atoms. The van der Waals surface area contributed by atoms with Gasteiger partial charge in [-0.3, -0.25) is 4.79 Å². The molecule has 1 atom stereocenters. The molecule has 2 heterocycles. The summed E-state index contributed by atoms with van der Waals surface area (Å²) in [5, 5.41) is 3.79. The molecule has 0 aliphatic carbocycles. The normalized spacial score (nSPS) is 15.3. The first-order valence-corrected chi connectivity index (χ1v) is 9.34. The zero-order chi connectivity index (χ0) is 20.0. The first kappa shape index (κ1) is 18.6. The lowest BCUT2D eigenvalue weighted by molar-refractivity contribution is -0.116. The van der Waals surface area contributed by atoms with E-state index in [9.17, 15) is 9.59 Å². The molecule has 1 aliphatic heterocycles. The fourth-order valence-corrected chi connectivity index (χ4v) is 4.20. The number of fused-ring (bicyclic) bond motifs is 1. The maximum absolute atomic E-state index is 12.9. The van der Waals surface area contributed by atoms with Crippen LogP contribution in [0.1, 0.15) is 33.1 Å². The van der Waals surface area contributed by atoms with Crippen LogP contribution in [0, 0.1) is 6.92 Å². The monoisotopic (exact) mass is 414 g/mol. The van der Waals surface area contributed by atoms with E-state index in [-0.39, 0.29) is 5.91 Å². The second-order valence-electron chi connectivity index (χ2n) is 6.54. The van der Waals surface area contributed by atoms with Gasteiger partial charge in [-0.2, -0.15) is 0 Å². The minimum atomic E-state index is -0.669. The highest BCUT2D eigenvalue weighted by Crippen LogP contribution is 2.45. The Morgan fingerprint density at radius 3 is 2.61 bits per heavy atom. The van der Waals surface area contributed by atoms with Crippen molar-refractivity contribution in [3.8, 4) is 11.3 Å². The Labute approximate surface area is 171 Å². The van der Waals surface area contributed by atoms with E-state index < -0.39 is 11.9 Å². The van der Waals surface area contributed by atoms with E-state index in [4.69, 9.17) is 27.9 Å². The van der Waals surface area contributed by atoms with Gasteiger partial charge in [0.2, 0.25) is 5.91 Å². The Balaban J connectivity index is 2.02. The standard InChI is InChI=1S/C21H16Cl2N2O3/c1-10-16(21(27)28-2)18(17-13-5-3-4-6-15(13)25-20(17)26)19(24-10)12-8-7-11(22)9-14(12)23/h3-9,17,24H,1-2H3,(H,25,26)/t17-/m0/s1. The van der Waals surface area contributed by atoms with E-state index >= 15 is 0 Å². The van der Waals surface area contributed by atoms with Crippen molar-refractivity contribution >= 4 is 40.8 Å². The molecule has 0 unspecified atom stereocenters. The van der Waals surface area contributed by atoms with Gasteiger partial charge in [-0.25, -0.2) is 4.79 Å². The van der Waals surface area contributed by atoms with E-state index in [1.54, 1.807) is 25.1 Å². The number of hydrogen-bond donors (Lipinski definition) is 2. The van der Waals surface area contributed by atoms with E-state index in [2.05, 4.69) is 10.3 Å². The molecule has 1 amide bonds. The van der Waals surface area contributed by atoms with Gasteiger partial charge in [0.15, 0.2) is 0 Å². The summed E-state index contributed by atoms with van der Waals surface area (Å²) in [7, 11) is 1.32. The minimum Gasteiger partial charge on any atom is -0.465 e. The average molecular weight is 415 g/mol. The van der Waals surface area contributed by atoms with Crippen molar-refractivity contribution < 1.29 is 14.3 Å². The van der Waals surface area contributed by atoms with Gasteiger partial charge < -0.3 is 15.0 Å². The Morgan fingerprint density at radius 2 is 1.89 bits per heavy atom. The van der Waals surface area contributed by atoms with Crippen molar-refractivity contribution in [3.05, 3.63) is 74.9 Å². The molecule has 7 heteroatoms. The summed E-state index contributed by atoms with van der Waals surface area (Å²) >= 11 is 12.5. The van der Waals surface area contributed by atoms with Gasteiger partial charge in [-0.1, -0.05) is 41.4 Å². The second kappa shape index (κ2) is 7.00. The molecule has 4 rings (SSSR count). The van der Waals surface area contributed by atoms with Crippen LogP contribution in [-0.2, 0) is 9.53 Å². The van der Waals surface area contributed by atoms with Crippen LogP contribution in [0.25, 0.3) is 11.3 Å². The van der Waals surface area contributed by atoms with Crippen molar-refractivity contribution in [2.45, 2.75) is 12.8 Å². The number of amides is 1. The number of H-pyrrole nitrogens is 1. The molecular formula is C21H16Cl2N2O3. The Kier molecular flexibility index (Phi) is 4.65. The number of nitrogens with one attached hydrogen (secondary N) is 2. The number of benzene rings is 2. The van der Waals surface area contributed by atoms with Crippen LogP contribution in [-0.4, -0.2) is 24.0 Å². The van der Waals surface area contributed by atoms with Crippen molar-refractivity contribution in [2.24, 2.45) is 0 Å². The number of aromatic nitrogens is 1. The third-order valence-electron chi connectivity index (χ3n) is 4.90. The lowest BCUT2D eigenvalue weighted by atomic mass is 9.87. The number of para-hydroxylation sites is 1. The summed E-state index contributed by atoms with van der Waals surface area (Å²) in [5.41, 5.74) is 4.23. The van der Waals surface area contributed by atoms with Gasteiger partial charge >= 0.3 is 5.97 Å². The van der Waals surface area contributed by atoms with Crippen LogP contribution in [0.5, 0.6) is 0 Å². The van der Waals surface area contributed by atoms with E-state index in [1.807, 2.05) is 24.3 Å². The molecule has 1 aliphatic rings. The molecule has 3 aromatic rings. The molecule has 0 fully saturated rings. The molecule has 2 aromatic carbocycles. The van der Waals surface area contributed by atoms with E-state index in [1.165, 1.54) is 7.11 Å². The Hall–Kier alpha value is -2.76. The fourth-order valence-electron chi connectivity index (χ4n) is 3.70. The summed E-state index contributed by atoms with van der Waals surface area (Å²) in [6, 6.07) is 12.5. The highest BCUT2D eigenvalue weighted by atomic mass is 35.5. The molecule has 0 spiro atoms. The molecule has 0 bridgehead atoms. The minimum absolute atomic E-state index is 0.211. The predicted molar refractivity (Wildman–Crippen MR) is 109 cm³/mol. The quantitative estimate of drug-likeness (QED) is 0.580. The molecule has 1 aromatic heterocycles. The molecule has 142 valence electrons. The van der Waals surface area contributed by atoms with E-state index in [0.717, 1.165) is 11.3 Å². The maximum Gasteiger partial charge on any atom is 0.340 e. The highest BCUT2D eigenvalue weighted by molar-refractivity contribution is 6.36. The van der Waals surface area contributed by atoms with Gasteiger partial charge in [-0.15, -0.1) is 0 Å². The van der Waals surface area contributed by atoms with Crippen molar-refractivity contribution in [3.63, 3.8) is 0 Å². The third kappa shape index (κ3) is 2.87. The number of hydrogen-bond acceptors (Lipinski definition) is 3. The van der Waals surface area contributed by atoms with Crippen LogP contribution in [0.2, 0.25) is 10.0 Å². The van der Waals surface area contributed by atoms with Gasteiger partial charge in [0.05, 0.1) is 29.3 Å². The first-order valence-electron chi connectivity index (χ1n) is 8.58. The summed E-state index contributed by atoms with van der Waals surface area (Å²) in [4.78, 5) is 28.7. The number of carbonyl (C=O) groups is 2. The summed E-state index contributed by atoms with van der Waals surface area (Å²) < 4.78 is 4.99. The zero-order valence-corrected chi connectivity index (χ0v) is 16.6. The summed E-state index contributed by atoms with van der Waals surface area (Å²) in [5.74, 6) is -1.40. The third-order valence-corrected chi connectivity index (χ3v) is 5.44.